The second kappa shape index (κ2) is 5.47. The number of rotatable bonds is 5. The van der Waals surface area contributed by atoms with E-state index in [0.29, 0.717) is 19.1 Å². The molecule has 1 saturated heterocycles. The van der Waals surface area contributed by atoms with Crippen molar-refractivity contribution in [2.45, 2.75) is 20.3 Å². The summed E-state index contributed by atoms with van der Waals surface area (Å²) in [6, 6.07) is 0. The molecule has 0 aromatic heterocycles. The molecule has 0 aromatic carbocycles. The molecule has 2 N–H and O–H groups in total. The summed E-state index contributed by atoms with van der Waals surface area (Å²) in [6.45, 7) is 7.14. The lowest BCUT2D eigenvalue weighted by molar-refractivity contribution is -0.132. The normalized spacial score (nSPS) is 25.9. The van der Waals surface area contributed by atoms with Gasteiger partial charge in [0.2, 0.25) is 5.91 Å². The van der Waals surface area contributed by atoms with Crippen molar-refractivity contribution in [3.05, 3.63) is 0 Å². The Balaban J connectivity index is 2.52. The number of hydrogen-bond donors (Lipinski definition) is 2. The number of carbonyl (C=O) groups excluding carboxylic acids is 1. The van der Waals surface area contributed by atoms with Gasteiger partial charge in [0.1, 0.15) is 0 Å². The highest BCUT2D eigenvalue weighted by atomic mass is 16.5. The van der Waals surface area contributed by atoms with Crippen LogP contribution in [0, 0.1) is 11.3 Å². The first kappa shape index (κ1) is 12.5. The third kappa shape index (κ3) is 2.69. The standard InChI is InChI=1S/C11H22N2O2/c1-9(2)11(4-5-12-8-11)10(14)13-6-7-15-3/h9,12H,4-8H2,1-3H3,(H,13,14). The van der Waals surface area contributed by atoms with Gasteiger partial charge in [-0.1, -0.05) is 13.8 Å². The smallest absolute Gasteiger partial charge is 0.227 e. The minimum absolute atomic E-state index is 0.166. The van der Waals surface area contributed by atoms with Crippen LogP contribution in [-0.2, 0) is 9.53 Å². The third-order valence-corrected chi connectivity index (χ3v) is 3.34. The van der Waals surface area contributed by atoms with Gasteiger partial charge in [-0.3, -0.25) is 4.79 Å². The number of hydrogen-bond acceptors (Lipinski definition) is 3. The summed E-state index contributed by atoms with van der Waals surface area (Å²) in [5.41, 5.74) is -0.215. The minimum atomic E-state index is -0.215. The molecule has 4 nitrogen and oxygen atoms in total. The monoisotopic (exact) mass is 214 g/mol. The molecule has 0 aliphatic carbocycles. The van der Waals surface area contributed by atoms with E-state index in [1.54, 1.807) is 7.11 Å². The highest BCUT2D eigenvalue weighted by Crippen LogP contribution is 2.34. The van der Waals surface area contributed by atoms with Crippen LogP contribution in [0.4, 0.5) is 0 Å². The van der Waals surface area contributed by atoms with Crippen LogP contribution in [0.3, 0.4) is 0 Å². The fourth-order valence-electron chi connectivity index (χ4n) is 2.10. The maximum atomic E-state index is 12.1. The Hall–Kier alpha value is -0.610. The van der Waals surface area contributed by atoms with E-state index in [0.717, 1.165) is 19.5 Å². The van der Waals surface area contributed by atoms with Crippen molar-refractivity contribution in [1.82, 2.24) is 10.6 Å². The molecule has 1 amide bonds. The van der Waals surface area contributed by atoms with E-state index in [-0.39, 0.29) is 11.3 Å². The molecule has 1 rings (SSSR count). The van der Waals surface area contributed by atoms with Crippen molar-refractivity contribution in [1.29, 1.82) is 0 Å². The van der Waals surface area contributed by atoms with Gasteiger partial charge in [-0.15, -0.1) is 0 Å². The Labute approximate surface area is 91.8 Å². The van der Waals surface area contributed by atoms with Gasteiger partial charge in [-0.2, -0.15) is 0 Å². The predicted molar refractivity (Wildman–Crippen MR) is 59.6 cm³/mol. The van der Waals surface area contributed by atoms with Crippen molar-refractivity contribution in [3.8, 4) is 0 Å². The Morgan fingerprint density at radius 1 is 1.60 bits per heavy atom. The van der Waals surface area contributed by atoms with Gasteiger partial charge in [0.05, 0.1) is 12.0 Å². The lowest BCUT2D eigenvalue weighted by atomic mass is 9.75. The maximum Gasteiger partial charge on any atom is 0.227 e. The molecule has 88 valence electrons. The van der Waals surface area contributed by atoms with Crippen molar-refractivity contribution in [3.63, 3.8) is 0 Å². The zero-order chi connectivity index (χ0) is 11.3. The molecule has 0 spiro atoms. The van der Waals surface area contributed by atoms with Crippen LogP contribution in [0.1, 0.15) is 20.3 Å². The molecule has 1 aliphatic rings. The van der Waals surface area contributed by atoms with Gasteiger partial charge < -0.3 is 15.4 Å². The quantitative estimate of drug-likeness (QED) is 0.651. The minimum Gasteiger partial charge on any atom is -0.383 e. The summed E-state index contributed by atoms with van der Waals surface area (Å²) in [6.07, 6.45) is 0.934. The molecule has 0 bridgehead atoms. The Morgan fingerprint density at radius 2 is 2.33 bits per heavy atom. The molecular formula is C11H22N2O2. The van der Waals surface area contributed by atoms with Gasteiger partial charge in [0.15, 0.2) is 0 Å². The lowest BCUT2D eigenvalue weighted by Gasteiger charge is -2.31. The number of carbonyl (C=O) groups is 1. The highest BCUT2D eigenvalue weighted by Gasteiger charge is 2.43. The van der Waals surface area contributed by atoms with Gasteiger partial charge in [0, 0.05) is 20.2 Å². The first-order chi connectivity index (χ1) is 7.13. The molecule has 1 atom stereocenters. The number of nitrogens with one attached hydrogen (secondary N) is 2. The summed E-state index contributed by atoms with van der Waals surface area (Å²) >= 11 is 0. The Bertz CT molecular complexity index is 211. The van der Waals surface area contributed by atoms with E-state index in [9.17, 15) is 4.79 Å². The molecule has 4 heteroatoms. The highest BCUT2D eigenvalue weighted by molar-refractivity contribution is 5.83. The zero-order valence-electron chi connectivity index (χ0n) is 9.93. The van der Waals surface area contributed by atoms with Gasteiger partial charge in [-0.05, 0) is 18.9 Å². The number of ether oxygens (including phenoxy) is 1. The van der Waals surface area contributed by atoms with Crippen molar-refractivity contribution >= 4 is 5.91 Å². The first-order valence-corrected chi connectivity index (χ1v) is 5.61. The fourth-order valence-corrected chi connectivity index (χ4v) is 2.10. The molecular weight excluding hydrogens is 192 g/mol. The van der Waals surface area contributed by atoms with Crippen LogP contribution in [0.25, 0.3) is 0 Å². The van der Waals surface area contributed by atoms with Crippen molar-refractivity contribution in [2.24, 2.45) is 11.3 Å². The van der Waals surface area contributed by atoms with E-state index < -0.39 is 0 Å². The van der Waals surface area contributed by atoms with Crippen LogP contribution in [0.2, 0.25) is 0 Å². The molecule has 1 aliphatic heterocycles. The number of amides is 1. The Kier molecular flexibility index (Phi) is 4.54. The molecule has 1 heterocycles. The van der Waals surface area contributed by atoms with Gasteiger partial charge >= 0.3 is 0 Å². The summed E-state index contributed by atoms with van der Waals surface area (Å²) in [7, 11) is 1.64. The second-order valence-corrected chi connectivity index (χ2v) is 4.49. The van der Waals surface area contributed by atoms with Crippen LogP contribution in [-0.4, -0.2) is 39.3 Å². The van der Waals surface area contributed by atoms with E-state index in [1.165, 1.54) is 0 Å². The van der Waals surface area contributed by atoms with E-state index in [2.05, 4.69) is 24.5 Å². The predicted octanol–water partition coefficient (Wildman–Crippen LogP) is 0.385. The maximum absolute atomic E-state index is 12.1. The summed E-state index contributed by atoms with van der Waals surface area (Å²) in [4.78, 5) is 12.1. The van der Waals surface area contributed by atoms with Crippen LogP contribution in [0.15, 0.2) is 0 Å². The SMILES string of the molecule is COCCNC(=O)C1(C(C)C)CCNC1. The number of methoxy groups -OCH3 is 1. The molecule has 1 fully saturated rings. The third-order valence-electron chi connectivity index (χ3n) is 3.34. The zero-order valence-corrected chi connectivity index (χ0v) is 9.93. The van der Waals surface area contributed by atoms with Gasteiger partial charge in [0.25, 0.3) is 0 Å². The first-order valence-electron chi connectivity index (χ1n) is 5.61. The topological polar surface area (TPSA) is 50.4 Å². The fraction of sp³-hybridized carbons (Fsp3) is 0.909. The van der Waals surface area contributed by atoms with E-state index in [1.807, 2.05) is 0 Å². The molecule has 0 radical (unpaired) electrons. The molecule has 0 aromatic rings. The van der Waals surface area contributed by atoms with Crippen LogP contribution >= 0.6 is 0 Å². The van der Waals surface area contributed by atoms with Crippen LogP contribution < -0.4 is 10.6 Å². The lowest BCUT2D eigenvalue weighted by Crippen LogP contribution is -2.46. The molecule has 1 unspecified atom stereocenters. The average molecular weight is 214 g/mol. The summed E-state index contributed by atoms with van der Waals surface area (Å²) in [5, 5.41) is 6.22. The van der Waals surface area contributed by atoms with Crippen LogP contribution in [0.5, 0.6) is 0 Å². The molecule has 0 saturated carbocycles. The Morgan fingerprint density at radius 3 is 2.80 bits per heavy atom. The average Bonchev–Trinajstić information content (AvgIpc) is 2.67. The van der Waals surface area contributed by atoms with Crippen molar-refractivity contribution < 1.29 is 9.53 Å². The second-order valence-electron chi connectivity index (χ2n) is 4.49. The summed E-state index contributed by atoms with van der Waals surface area (Å²) in [5.74, 6) is 0.537. The molecule has 15 heavy (non-hydrogen) atoms. The van der Waals surface area contributed by atoms with Crippen molar-refractivity contribution in [2.75, 3.05) is 33.4 Å². The summed E-state index contributed by atoms with van der Waals surface area (Å²) < 4.78 is 4.92. The van der Waals surface area contributed by atoms with Gasteiger partial charge in [-0.25, -0.2) is 0 Å². The van der Waals surface area contributed by atoms with E-state index >= 15 is 0 Å². The van der Waals surface area contributed by atoms with E-state index in [4.69, 9.17) is 4.74 Å². The largest absolute Gasteiger partial charge is 0.383 e.